The zero-order valence-electron chi connectivity index (χ0n) is 7.22. The normalized spacial score (nSPS) is 4.33. The molecule has 0 amide bonds. The van der Waals surface area contributed by atoms with Crippen molar-refractivity contribution in [2.24, 2.45) is 0 Å². The van der Waals surface area contributed by atoms with E-state index in [2.05, 4.69) is 0 Å². The minimum absolute atomic E-state index is 0. The molecule has 0 aromatic carbocycles. The SMILES string of the molecule is [Ba+2].[Ca+2].[H-].[H-].[H-].[H-].[O]=[Ti]([OH])[OH]. The van der Waals surface area contributed by atoms with Gasteiger partial charge in [-0.15, -0.1) is 0 Å². The van der Waals surface area contributed by atoms with Crippen LogP contribution in [0.2, 0.25) is 0 Å². The molecule has 0 unspecified atom stereocenters. The Morgan fingerprint density at radius 3 is 1.50 bits per heavy atom. The van der Waals surface area contributed by atoms with Crippen molar-refractivity contribution in [2.45, 2.75) is 0 Å². The summed E-state index contributed by atoms with van der Waals surface area (Å²) in [4.78, 5) is 0. The molecule has 6 heteroatoms. The molecule has 32 valence electrons. The first-order chi connectivity index (χ1) is 1.73. The Bertz CT molecular complexity index is 43.5. The summed E-state index contributed by atoms with van der Waals surface area (Å²) in [5.74, 6) is 0. The summed E-state index contributed by atoms with van der Waals surface area (Å²) >= 11 is -3.58. The van der Waals surface area contributed by atoms with Gasteiger partial charge in [0.15, 0.2) is 0 Å². The van der Waals surface area contributed by atoms with Gasteiger partial charge in [-0.3, -0.25) is 0 Å². The Labute approximate surface area is 119 Å². The fourth-order valence-electron chi connectivity index (χ4n) is 0. The van der Waals surface area contributed by atoms with Crippen LogP contribution in [0, 0.1) is 0 Å². The van der Waals surface area contributed by atoms with Gasteiger partial charge in [0, 0.05) is 0 Å². The van der Waals surface area contributed by atoms with Crippen LogP contribution in [0.4, 0.5) is 0 Å². The molecule has 3 nitrogen and oxygen atoms in total. The predicted octanol–water partition coefficient (Wildman–Crippen LogP) is -1.55. The topological polar surface area (TPSA) is 57.5 Å². The summed E-state index contributed by atoms with van der Waals surface area (Å²) in [6.07, 6.45) is 0. The standard InChI is InChI=1S/Ba.Ca.2H2O.O.Ti.4H/h;;2*1H2;;;;;;/q2*+2;;;;+2;4*-1/p-2. The molecule has 6 heavy (non-hydrogen) atoms. The van der Waals surface area contributed by atoms with Crippen LogP contribution in [0.5, 0.6) is 0 Å². The van der Waals surface area contributed by atoms with E-state index in [1.165, 1.54) is 0 Å². The van der Waals surface area contributed by atoms with Crippen LogP contribution in [0.25, 0.3) is 0 Å². The summed E-state index contributed by atoms with van der Waals surface area (Å²) in [6, 6.07) is 0. The summed E-state index contributed by atoms with van der Waals surface area (Å²) < 4.78 is 23.2. The van der Waals surface area contributed by atoms with E-state index in [1.54, 1.807) is 0 Å². The molecule has 0 rings (SSSR count). The first kappa shape index (κ1) is 16.1. The molecule has 0 bridgehead atoms. The quantitative estimate of drug-likeness (QED) is 0.528. The molecule has 0 heterocycles. The fourth-order valence-corrected chi connectivity index (χ4v) is 0. The molecular formula is H6BaCaO3Ti. The summed E-state index contributed by atoms with van der Waals surface area (Å²) in [5, 5.41) is 0. The molecule has 0 aliphatic heterocycles. The van der Waals surface area contributed by atoms with Gasteiger partial charge < -0.3 is 5.71 Å². The molecule has 0 saturated heterocycles. The summed E-state index contributed by atoms with van der Waals surface area (Å²) in [7, 11) is 0. The number of hydrogen-bond acceptors (Lipinski definition) is 1. The van der Waals surface area contributed by atoms with Crippen LogP contribution in [-0.4, -0.2) is 94.0 Å². The van der Waals surface area contributed by atoms with E-state index in [0.29, 0.717) is 0 Å². The second-order valence-corrected chi connectivity index (χ2v) is 1.17. The first-order valence-corrected chi connectivity index (χ1v) is 2.69. The van der Waals surface area contributed by atoms with Gasteiger partial charge in [-0.25, -0.2) is 0 Å². The molecule has 0 aliphatic carbocycles. The maximum atomic E-state index is 8.81. The molecule has 0 aromatic rings. The van der Waals surface area contributed by atoms with Crippen LogP contribution >= 0.6 is 0 Å². The molecule has 2 N–H and O–H groups in total. The molecular weight excluding hydrogens is 273 g/mol. The van der Waals surface area contributed by atoms with Gasteiger partial charge in [-0.1, -0.05) is 0 Å². The van der Waals surface area contributed by atoms with Crippen molar-refractivity contribution < 1.29 is 35.0 Å². The van der Waals surface area contributed by atoms with Gasteiger partial charge in [0.05, 0.1) is 0 Å². The second kappa shape index (κ2) is 11.1. The maximum absolute atomic E-state index is 8.81. The summed E-state index contributed by atoms with van der Waals surface area (Å²) in [5.41, 5.74) is 0. The number of rotatable bonds is 0. The van der Waals surface area contributed by atoms with E-state index in [-0.39, 0.29) is 92.3 Å². The Balaban J connectivity index is -0.00000000300. The molecule has 0 radical (unpaired) electrons. The monoisotopic (exact) mass is 280 g/mol. The molecule has 0 saturated carbocycles. The van der Waals surface area contributed by atoms with Crippen molar-refractivity contribution in [3.8, 4) is 0 Å². The third kappa shape index (κ3) is 26.7. The van der Waals surface area contributed by atoms with E-state index >= 15 is 0 Å². The van der Waals surface area contributed by atoms with E-state index < -0.39 is 18.6 Å². The van der Waals surface area contributed by atoms with Crippen LogP contribution in [0.15, 0.2) is 0 Å². The van der Waals surface area contributed by atoms with Crippen molar-refractivity contribution in [1.82, 2.24) is 0 Å². The third-order valence-electron chi connectivity index (χ3n) is 0. The fraction of sp³-hybridized carbons (Fsp3) is 0. The average molecular weight is 279 g/mol. The molecule has 0 aromatic heterocycles. The van der Waals surface area contributed by atoms with Crippen molar-refractivity contribution in [3.63, 3.8) is 0 Å². The van der Waals surface area contributed by atoms with Gasteiger partial charge >= 0.3 is 116 Å². The van der Waals surface area contributed by atoms with Crippen molar-refractivity contribution >= 4 is 86.6 Å². The Hall–Kier alpha value is 3.27. The van der Waals surface area contributed by atoms with Gasteiger partial charge in [-0.2, -0.15) is 0 Å². The van der Waals surface area contributed by atoms with E-state index in [9.17, 15) is 0 Å². The third-order valence-corrected chi connectivity index (χ3v) is 0. The van der Waals surface area contributed by atoms with Gasteiger partial charge in [0.2, 0.25) is 0 Å². The van der Waals surface area contributed by atoms with E-state index in [4.69, 9.17) is 10.7 Å². The second-order valence-electron chi connectivity index (χ2n) is 0.283. The molecule has 0 atom stereocenters. The van der Waals surface area contributed by atoms with Crippen LogP contribution in [0.3, 0.4) is 0 Å². The zero-order valence-corrected chi connectivity index (χ0v) is 11.4. The Morgan fingerprint density at radius 1 is 1.50 bits per heavy atom. The van der Waals surface area contributed by atoms with Crippen molar-refractivity contribution in [1.29, 1.82) is 0 Å². The van der Waals surface area contributed by atoms with Gasteiger partial charge in [0.1, 0.15) is 0 Å². The zero-order chi connectivity index (χ0) is 3.58. The van der Waals surface area contributed by atoms with Crippen molar-refractivity contribution in [2.75, 3.05) is 0 Å². The number of hydrogen-bond donors (Lipinski definition) is 2. The van der Waals surface area contributed by atoms with E-state index in [0.717, 1.165) is 0 Å². The molecule has 0 fully saturated rings. The van der Waals surface area contributed by atoms with Crippen LogP contribution in [0.1, 0.15) is 5.71 Å². The average Bonchev–Trinajstić information content (AvgIpc) is 0.811. The Morgan fingerprint density at radius 2 is 1.50 bits per heavy atom. The summed E-state index contributed by atoms with van der Waals surface area (Å²) in [6.45, 7) is 0. The van der Waals surface area contributed by atoms with Gasteiger partial charge in [0.25, 0.3) is 0 Å². The molecule has 0 aliphatic rings. The predicted molar refractivity (Wildman–Crippen MR) is 21.1 cm³/mol. The first-order valence-electron chi connectivity index (χ1n) is 0.651. The minimum atomic E-state index is -3.58. The van der Waals surface area contributed by atoms with Gasteiger partial charge in [-0.05, 0) is 0 Å². The van der Waals surface area contributed by atoms with Crippen LogP contribution in [-0.2, 0) is 21.9 Å². The van der Waals surface area contributed by atoms with Crippen molar-refractivity contribution in [3.05, 3.63) is 0 Å². The van der Waals surface area contributed by atoms with E-state index in [1.807, 2.05) is 0 Å². The molecule has 0 spiro atoms. The Kier molecular flexibility index (Phi) is 29.9. The van der Waals surface area contributed by atoms with Crippen LogP contribution < -0.4 is 0 Å².